The molecule has 20 heavy (non-hydrogen) atoms. The molecule has 5 heteroatoms. The van der Waals surface area contributed by atoms with Crippen molar-refractivity contribution in [3.8, 4) is 11.5 Å². The number of hydrogen-bond acceptors (Lipinski definition) is 3. The highest BCUT2D eigenvalue weighted by Crippen LogP contribution is 2.21. The van der Waals surface area contributed by atoms with Crippen LogP contribution in [0.2, 0.25) is 0 Å². The van der Waals surface area contributed by atoms with Gasteiger partial charge in [-0.1, -0.05) is 12.1 Å². The number of benzene rings is 2. The van der Waals surface area contributed by atoms with Gasteiger partial charge in [-0.25, -0.2) is 4.39 Å². The standard InChI is InChI=1S/C15H13FO4/c16-11-3-7-13(8-4-11)20-9-14(15(18)19)10-1-5-12(17)6-2-10/h1-8,14,17H,9H2,(H,18,19). The summed E-state index contributed by atoms with van der Waals surface area (Å²) in [6, 6.07) is 11.3. The van der Waals surface area contributed by atoms with Crippen molar-refractivity contribution in [2.24, 2.45) is 0 Å². The van der Waals surface area contributed by atoms with E-state index in [-0.39, 0.29) is 18.2 Å². The van der Waals surface area contributed by atoms with Gasteiger partial charge in [0.1, 0.15) is 29.8 Å². The molecular formula is C15H13FO4. The predicted octanol–water partition coefficient (Wildman–Crippen LogP) is 2.78. The van der Waals surface area contributed by atoms with Gasteiger partial charge in [0.2, 0.25) is 0 Å². The molecule has 2 N–H and O–H groups in total. The van der Waals surface area contributed by atoms with E-state index in [1.54, 1.807) is 0 Å². The summed E-state index contributed by atoms with van der Waals surface area (Å²) in [6.45, 7) is -0.0776. The van der Waals surface area contributed by atoms with Crippen molar-refractivity contribution in [3.05, 3.63) is 59.9 Å². The van der Waals surface area contributed by atoms with Crippen LogP contribution in [-0.4, -0.2) is 22.8 Å². The van der Waals surface area contributed by atoms with Crippen molar-refractivity contribution >= 4 is 5.97 Å². The molecule has 0 aliphatic heterocycles. The molecule has 2 rings (SSSR count). The molecular weight excluding hydrogens is 263 g/mol. The highest BCUT2D eigenvalue weighted by atomic mass is 19.1. The fourth-order valence-electron chi connectivity index (χ4n) is 1.73. The Bertz CT molecular complexity index is 578. The maximum absolute atomic E-state index is 12.7. The van der Waals surface area contributed by atoms with Gasteiger partial charge in [-0.2, -0.15) is 0 Å². The summed E-state index contributed by atoms with van der Waals surface area (Å²) in [5.74, 6) is -1.81. The molecule has 2 aromatic carbocycles. The molecule has 1 unspecified atom stereocenters. The lowest BCUT2D eigenvalue weighted by Gasteiger charge is -2.14. The summed E-state index contributed by atoms with van der Waals surface area (Å²) in [7, 11) is 0. The lowest BCUT2D eigenvalue weighted by molar-refractivity contribution is -0.139. The minimum absolute atomic E-state index is 0.0670. The highest BCUT2D eigenvalue weighted by Gasteiger charge is 2.20. The van der Waals surface area contributed by atoms with Crippen molar-refractivity contribution in [1.29, 1.82) is 0 Å². The monoisotopic (exact) mass is 276 g/mol. The quantitative estimate of drug-likeness (QED) is 0.881. The van der Waals surface area contributed by atoms with Gasteiger partial charge in [0, 0.05) is 0 Å². The van der Waals surface area contributed by atoms with Crippen LogP contribution in [-0.2, 0) is 4.79 Å². The molecule has 0 spiro atoms. The second kappa shape index (κ2) is 6.06. The van der Waals surface area contributed by atoms with Crippen molar-refractivity contribution in [2.75, 3.05) is 6.61 Å². The van der Waals surface area contributed by atoms with Crippen molar-refractivity contribution in [3.63, 3.8) is 0 Å². The van der Waals surface area contributed by atoms with Crippen LogP contribution >= 0.6 is 0 Å². The molecule has 2 aromatic rings. The second-order valence-electron chi connectivity index (χ2n) is 4.25. The molecule has 0 aromatic heterocycles. The minimum Gasteiger partial charge on any atom is -0.508 e. The number of phenols is 1. The second-order valence-corrected chi connectivity index (χ2v) is 4.25. The Morgan fingerprint density at radius 3 is 2.25 bits per heavy atom. The van der Waals surface area contributed by atoms with E-state index in [9.17, 15) is 19.4 Å². The van der Waals surface area contributed by atoms with Gasteiger partial charge in [0.05, 0.1) is 0 Å². The number of hydrogen-bond donors (Lipinski definition) is 2. The Hall–Kier alpha value is -2.56. The molecule has 104 valence electrons. The number of aliphatic carboxylic acids is 1. The lowest BCUT2D eigenvalue weighted by Crippen LogP contribution is -2.19. The first kappa shape index (κ1) is 13.9. The normalized spacial score (nSPS) is 11.8. The maximum Gasteiger partial charge on any atom is 0.314 e. The van der Waals surface area contributed by atoms with Crippen LogP contribution in [0, 0.1) is 5.82 Å². The molecule has 1 atom stereocenters. The molecule has 0 saturated carbocycles. The summed E-state index contributed by atoms with van der Waals surface area (Å²) in [4.78, 5) is 11.3. The Labute approximate surface area is 115 Å². The first-order valence-corrected chi connectivity index (χ1v) is 5.96. The molecule has 0 amide bonds. The van der Waals surface area contributed by atoms with Crippen molar-refractivity contribution in [1.82, 2.24) is 0 Å². The Kier molecular flexibility index (Phi) is 4.20. The zero-order chi connectivity index (χ0) is 14.5. The molecule has 0 heterocycles. The summed E-state index contributed by atoms with van der Waals surface area (Å²) in [5.41, 5.74) is 0.525. The van der Waals surface area contributed by atoms with Gasteiger partial charge in [0.25, 0.3) is 0 Å². The average molecular weight is 276 g/mol. The smallest absolute Gasteiger partial charge is 0.314 e. The largest absolute Gasteiger partial charge is 0.508 e. The molecule has 0 saturated heterocycles. The van der Waals surface area contributed by atoms with E-state index >= 15 is 0 Å². The van der Waals surface area contributed by atoms with Gasteiger partial charge in [-0.05, 0) is 42.0 Å². The van der Waals surface area contributed by atoms with Crippen molar-refractivity contribution < 1.29 is 24.1 Å². The van der Waals surface area contributed by atoms with E-state index < -0.39 is 11.9 Å². The van der Waals surface area contributed by atoms with E-state index in [1.165, 1.54) is 48.5 Å². The maximum atomic E-state index is 12.7. The van der Waals surface area contributed by atoms with Crippen LogP contribution in [0.25, 0.3) is 0 Å². The first-order chi connectivity index (χ1) is 9.56. The van der Waals surface area contributed by atoms with Gasteiger partial charge >= 0.3 is 5.97 Å². The highest BCUT2D eigenvalue weighted by molar-refractivity contribution is 5.76. The average Bonchev–Trinajstić information content (AvgIpc) is 2.43. The summed E-state index contributed by atoms with van der Waals surface area (Å²) in [5, 5.41) is 18.4. The van der Waals surface area contributed by atoms with E-state index in [2.05, 4.69) is 0 Å². The van der Waals surface area contributed by atoms with Crippen LogP contribution in [0.5, 0.6) is 11.5 Å². The summed E-state index contributed by atoms with van der Waals surface area (Å²) in [6.07, 6.45) is 0. The summed E-state index contributed by atoms with van der Waals surface area (Å²) >= 11 is 0. The van der Waals surface area contributed by atoms with Crippen molar-refractivity contribution in [2.45, 2.75) is 5.92 Å². The number of carboxylic acids is 1. The molecule has 0 aliphatic carbocycles. The van der Waals surface area contributed by atoms with Crippen LogP contribution in [0.4, 0.5) is 4.39 Å². The topological polar surface area (TPSA) is 66.8 Å². The van der Waals surface area contributed by atoms with Gasteiger partial charge in [-0.15, -0.1) is 0 Å². The van der Waals surface area contributed by atoms with Gasteiger partial charge in [-0.3, -0.25) is 4.79 Å². The third-order valence-electron chi connectivity index (χ3n) is 2.82. The van der Waals surface area contributed by atoms with Crippen LogP contribution < -0.4 is 4.74 Å². The Morgan fingerprint density at radius 1 is 1.10 bits per heavy atom. The van der Waals surface area contributed by atoms with E-state index in [1.807, 2.05) is 0 Å². The zero-order valence-electron chi connectivity index (χ0n) is 10.5. The third kappa shape index (κ3) is 3.47. The van der Waals surface area contributed by atoms with E-state index in [0.29, 0.717) is 11.3 Å². The lowest BCUT2D eigenvalue weighted by atomic mass is 10.0. The van der Waals surface area contributed by atoms with E-state index in [0.717, 1.165) is 0 Å². The number of ether oxygens (including phenoxy) is 1. The first-order valence-electron chi connectivity index (χ1n) is 5.96. The Balaban J connectivity index is 2.08. The van der Waals surface area contributed by atoms with Crippen LogP contribution in [0.1, 0.15) is 11.5 Å². The minimum atomic E-state index is -1.03. The van der Waals surface area contributed by atoms with Gasteiger partial charge < -0.3 is 14.9 Å². The Morgan fingerprint density at radius 2 is 1.70 bits per heavy atom. The number of rotatable bonds is 5. The number of aromatic hydroxyl groups is 1. The zero-order valence-corrected chi connectivity index (χ0v) is 10.5. The van der Waals surface area contributed by atoms with E-state index in [4.69, 9.17) is 4.74 Å². The fraction of sp³-hybridized carbons (Fsp3) is 0.133. The van der Waals surface area contributed by atoms with Crippen LogP contribution in [0.15, 0.2) is 48.5 Å². The third-order valence-corrected chi connectivity index (χ3v) is 2.82. The number of halogens is 1. The predicted molar refractivity (Wildman–Crippen MR) is 70.4 cm³/mol. The number of carbonyl (C=O) groups is 1. The van der Waals surface area contributed by atoms with Crippen LogP contribution in [0.3, 0.4) is 0 Å². The van der Waals surface area contributed by atoms with Gasteiger partial charge in [0.15, 0.2) is 0 Å². The summed E-state index contributed by atoms with van der Waals surface area (Å²) < 4.78 is 18.1. The number of phenolic OH excluding ortho intramolecular Hbond substituents is 1. The molecule has 0 fully saturated rings. The molecule has 0 bridgehead atoms. The molecule has 0 radical (unpaired) electrons. The SMILES string of the molecule is O=C(O)C(COc1ccc(F)cc1)c1ccc(O)cc1. The molecule has 4 nitrogen and oxygen atoms in total. The molecule has 0 aliphatic rings. The number of carboxylic acid groups (broad SMARTS) is 1. The fourth-order valence-corrected chi connectivity index (χ4v) is 1.73.